The maximum atomic E-state index is 12.4. The summed E-state index contributed by atoms with van der Waals surface area (Å²) in [5.74, 6) is 5.27. The Balaban J connectivity index is 2.60. The molecule has 3 N–H and O–H groups in total. The second-order valence-corrected chi connectivity index (χ2v) is 5.98. The van der Waals surface area contributed by atoms with Crippen molar-refractivity contribution in [3.8, 4) is 11.1 Å². The predicted molar refractivity (Wildman–Crippen MR) is 92.3 cm³/mol. The van der Waals surface area contributed by atoms with Crippen LogP contribution in [0.3, 0.4) is 0 Å². The number of hydrazine groups is 1. The molecule has 0 unspecified atom stereocenters. The molecule has 118 valence electrons. The predicted octanol–water partition coefficient (Wildman–Crippen LogP) is 4.00. The van der Waals surface area contributed by atoms with Crippen LogP contribution < -0.4 is 11.3 Å². The Morgan fingerprint density at radius 2 is 1.86 bits per heavy atom. The number of rotatable bonds is 6. The molecule has 0 atom stereocenters. The molecule has 0 fully saturated rings. The van der Waals surface area contributed by atoms with Gasteiger partial charge in [-0.15, -0.1) is 11.3 Å². The van der Waals surface area contributed by atoms with E-state index >= 15 is 0 Å². The fourth-order valence-corrected chi connectivity index (χ4v) is 3.50. The van der Waals surface area contributed by atoms with Crippen LogP contribution in [0.2, 0.25) is 0 Å². The molecule has 0 bridgehead atoms. The highest BCUT2D eigenvalue weighted by Crippen LogP contribution is 2.40. The van der Waals surface area contributed by atoms with Gasteiger partial charge < -0.3 is 10.2 Å². The van der Waals surface area contributed by atoms with Gasteiger partial charge in [0.15, 0.2) is 0 Å². The van der Waals surface area contributed by atoms with Gasteiger partial charge in [-0.05, 0) is 30.9 Å². The average molecular weight is 318 g/mol. The number of aryl methyl sites for hydroxylation is 2. The number of anilines is 1. The molecule has 1 aromatic heterocycles. The molecule has 0 saturated carbocycles. The van der Waals surface area contributed by atoms with Gasteiger partial charge in [0.2, 0.25) is 0 Å². The molecule has 2 rings (SSSR count). The number of hydrogen-bond donors (Lipinski definition) is 2. The van der Waals surface area contributed by atoms with Gasteiger partial charge in [-0.1, -0.05) is 38.1 Å². The second-order valence-electron chi connectivity index (χ2n) is 4.87. The van der Waals surface area contributed by atoms with Crippen molar-refractivity contribution in [2.75, 3.05) is 12.0 Å². The summed E-state index contributed by atoms with van der Waals surface area (Å²) in [7, 11) is 0. The van der Waals surface area contributed by atoms with E-state index in [0.29, 0.717) is 17.2 Å². The van der Waals surface area contributed by atoms with Crippen molar-refractivity contribution in [2.24, 2.45) is 5.84 Å². The lowest BCUT2D eigenvalue weighted by molar-refractivity contribution is 0.0529. The van der Waals surface area contributed by atoms with Gasteiger partial charge in [-0.2, -0.15) is 0 Å². The summed E-state index contributed by atoms with van der Waals surface area (Å²) < 4.78 is 5.21. The molecule has 0 aliphatic rings. The molecule has 2 aromatic rings. The molecule has 22 heavy (non-hydrogen) atoms. The SMILES string of the molecule is CCOC(=O)c1c(NN)sc(CC)c1-c1ccc(CC)cc1. The summed E-state index contributed by atoms with van der Waals surface area (Å²) in [5.41, 5.74) is 6.40. The monoisotopic (exact) mass is 318 g/mol. The molecule has 0 saturated heterocycles. The van der Waals surface area contributed by atoms with E-state index in [0.717, 1.165) is 28.8 Å². The maximum absolute atomic E-state index is 12.4. The molecule has 0 aliphatic heterocycles. The van der Waals surface area contributed by atoms with Crippen LogP contribution in [0.25, 0.3) is 11.1 Å². The molecule has 5 heteroatoms. The summed E-state index contributed by atoms with van der Waals surface area (Å²) in [4.78, 5) is 13.5. The van der Waals surface area contributed by atoms with Gasteiger partial charge >= 0.3 is 5.97 Å². The summed E-state index contributed by atoms with van der Waals surface area (Å²) >= 11 is 1.51. The van der Waals surface area contributed by atoms with Gasteiger partial charge in [0, 0.05) is 10.4 Å². The van der Waals surface area contributed by atoms with Crippen LogP contribution in [0.5, 0.6) is 0 Å². The fraction of sp³-hybridized carbons (Fsp3) is 0.353. The number of esters is 1. The molecule has 0 amide bonds. The van der Waals surface area contributed by atoms with Gasteiger partial charge in [0.05, 0.1) is 6.61 Å². The van der Waals surface area contributed by atoms with E-state index in [2.05, 4.69) is 43.5 Å². The van der Waals surface area contributed by atoms with Crippen molar-refractivity contribution < 1.29 is 9.53 Å². The van der Waals surface area contributed by atoms with Crippen molar-refractivity contribution in [3.63, 3.8) is 0 Å². The van der Waals surface area contributed by atoms with Crippen LogP contribution in [-0.2, 0) is 17.6 Å². The molecule has 1 heterocycles. The number of thiophene rings is 1. The van der Waals surface area contributed by atoms with E-state index in [9.17, 15) is 4.79 Å². The highest BCUT2D eigenvalue weighted by atomic mass is 32.1. The van der Waals surface area contributed by atoms with Crippen LogP contribution in [0, 0.1) is 0 Å². The third-order valence-corrected chi connectivity index (χ3v) is 4.83. The van der Waals surface area contributed by atoms with Crippen molar-refractivity contribution in [3.05, 3.63) is 40.3 Å². The minimum atomic E-state index is -0.332. The van der Waals surface area contributed by atoms with E-state index in [1.807, 2.05) is 0 Å². The van der Waals surface area contributed by atoms with E-state index in [-0.39, 0.29) is 5.97 Å². The lowest BCUT2D eigenvalue weighted by Gasteiger charge is -2.09. The molecular formula is C17H22N2O2S. The minimum Gasteiger partial charge on any atom is -0.462 e. The second kappa shape index (κ2) is 7.42. The number of nitrogens with two attached hydrogens (primary N) is 1. The van der Waals surface area contributed by atoms with Crippen molar-refractivity contribution in [1.29, 1.82) is 0 Å². The van der Waals surface area contributed by atoms with E-state index < -0.39 is 0 Å². The van der Waals surface area contributed by atoms with Gasteiger partial charge in [0.1, 0.15) is 10.6 Å². The normalized spacial score (nSPS) is 10.5. The highest BCUT2D eigenvalue weighted by Gasteiger charge is 2.24. The zero-order valence-corrected chi connectivity index (χ0v) is 14.0. The number of benzene rings is 1. The standard InChI is InChI=1S/C17H22N2O2S/c1-4-11-7-9-12(10-8-11)14-13(5-2)22-16(19-18)15(14)17(20)21-6-3/h7-10,19H,4-6,18H2,1-3H3. The van der Waals surface area contributed by atoms with Crippen LogP contribution in [0.1, 0.15) is 41.6 Å². The number of nitrogen functional groups attached to an aromatic ring is 1. The van der Waals surface area contributed by atoms with Crippen molar-refractivity contribution in [2.45, 2.75) is 33.6 Å². The van der Waals surface area contributed by atoms with E-state index in [1.54, 1.807) is 6.92 Å². The third-order valence-electron chi connectivity index (χ3n) is 3.56. The summed E-state index contributed by atoms with van der Waals surface area (Å²) in [5, 5.41) is 0.657. The van der Waals surface area contributed by atoms with Gasteiger partial charge in [-0.25, -0.2) is 10.6 Å². The number of carbonyl (C=O) groups excluding carboxylic acids is 1. The Kier molecular flexibility index (Phi) is 5.57. The first kappa shape index (κ1) is 16.5. The zero-order valence-electron chi connectivity index (χ0n) is 13.2. The Bertz CT molecular complexity index is 647. The average Bonchev–Trinajstić information content (AvgIpc) is 2.94. The Labute approximate surface area is 135 Å². The first-order chi connectivity index (χ1) is 10.7. The first-order valence-electron chi connectivity index (χ1n) is 7.54. The molecule has 1 aromatic carbocycles. The molecule has 0 radical (unpaired) electrons. The Morgan fingerprint density at radius 1 is 1.18 bits per heavy atom. The fourth-order valence-electron chi connectivity index (χ4n) is 2.44. The van der Waals surface area contributed by atoms with Gasteiger partial charge in [0.25, 0.3) is 0 Å². The van der Waals surface area contributed by atoms with E-state index in [4.69, 9.17) is 10.6 Å². The maximum Gasteiger partial charge on any atom is 0.341 e. The molecule has 0 aliphatic carbocycles. The van der Waals surface area contributed by atoms with Crippen LogP contribution >= 0.6 is 11.3 Å². The smallest absolute Gasteiger partial charge is 0.341 e. The summed E-state index contributed by atoms with van der Waals surface area (Å²) in [6.07, 6.45) is 1.83. The largest absolute Gasteiger partial charge is 0.462 e. The Morgan fingerprint density at radius 3 is 2.36 bits per heavy atom. The minimum absolute atomic E-state index is 0.332. The lowest BCUT2D eigenvalue weighted by atomic mass is 9.98. The number of nitrogens with one attached hydrogen (secondary N) is 1. The number of hydrogen-bond acceptors (Lipinski definition) is 5. The summed E-state index contributed by atoms with van der Waals surface area (Å²) in [6.45, 7) is 6.34. The van der Waals surface area contributed by atoms with Crippen molar-refractivity contribution in [1.82, 2.24) is 0 Å². The highest BCUT2D eigenvalue weighted by molar-refractivity contribution is 7.17. The number of ether oxygens (including phenoxy) is 1. The van der Waals surface area contributed by atoms with Crippen LogP contribution in [0.4, 0.5) is 5.00 Å². The first-order valence-corrected chi connectivity index (χ1v) is 8.36. The van der Waals surface area contributed by atoms with Crippen molar-refractivity contribution >= 4 is 22.3 Å². The van der Waals surface area contributed by atoms with E-state index in [1.165, 1.54) is 16.9 Å². The van der Waals surface area contributed by atoms with Crippen LogP contribution in [-0.4, -0.2) is 12.6 Å². The topological polar surface area (TPSA) is 64.3 Å². The third kappa shape index (κ3) is 3.15. The quantitative estimate of drug-likeness (QED) is 0.480. The lowest BCUT2D eigenvalue weighted by Crippen LogP contribution is -2.12. The number of carbonyl (C=O) groups is 1. The molecule has 4 nitrogen and oxygen atoms in total. The molecule has 0 spiro atoms. The van der Waals surface area contributed by atoms with Crippen LogP contribution in [0.15, 0.2) is 24.3 Å². The molecular weight excluding hydrogens is 296 g/mol. The zero-order chi connectivity index (χ0) is 16.1. The summed E-state index contributed by atoms with van der Waals surface area (Å²) in [6, 6.07) is 8.31. The Hall–Kier alpha value is -1.85. The van der Waals surface area contributed by atoms with Gasteiger partial charge in [-0.3, -0.25) is 0 Å².